The van der Waals surface area contributed by atoms with Gasteiger partial charge in [-0.15, -0.1) is 11.8 Å². The Kier molecular flexibility index (Phi) is 13.4. The number of ether oxygens (including phenoxy) is 3. The number of aromatic nitrogens is 4. The van der Waals surface area contributed by atoms with Crippen LogP contribution in [0.5, 0.6) is 0 Å². The Morgan fingerprint density at radius 1 is 0.971 bits per heavy atom. The maximum Gasteiger partial charge on any atom is 0.305 e. The molecule has 2 rings (SSSR count). The second kappa shape index (κ2) is 16.3. The van der Waals surface area contributed by atoms with E-state index in [1.54, 1.807) is 10.9 Å². The van der Waals surface area contributed by atoms with Crippen LogP contribution in [0.4, 0.5) is 5.95 Å². The first-order valence-electron chi connectivity index (χ1n) is 12.4. The molecule has 0 amide bonds. The molecule has 2 N–H and O–H groups in total. The highest BCUT2D eigenvalue weighted by atomic mass is 32.2. The van der Waals surface area contributed by atoms with Gasteiger partial charge in [0.25, 0.3) is 0 Å². The standard InChI is InChI=1S/C24H39N5O5S/c1-4-6-8-10-12-19(30)32-14-18(15-33-20(31)13-11-9-7-5-2)34-17-29-16-26-21-22(29)27-24(25)28-23(21)35-3/h16,18H,4-15,17H2,1-3H3,(H2,25,27,28). The molecule has 2 heterocycles. The fourth-order valence-corrected chi connectivity index (χ4v) is 3.93. The molecule has 0 bridgehead atoms. The number of thioether (sulfide) groups is 1. The zero-order valence-electron chi connectivity index (χ0n) is 21.2. The number of carbonyl (C=O) groups is 2. The van der Waals surface area contributed by atoms with Gasteiger partial charge in [-0.25, -0.2) is 9.97 Å². The Morgan fingerprint density at radius 2 is 1.57 bits per heavy atom. The number of rotatable bonds is 18. The third-order valence-electron chi connectivity index (χ3n) is 5.42. The number of nitrogen functional groups attached to an aromatic ring is 1. The van der Waals surface area contributed by atoms with Gasteiger partial charge in [-0.3, -0.25) is 14.2 Å². The summed E-state index contributed by atoms with van der Waals surface area (Å²) in [5.41, 5.74) is 7.00. The van der Waals surface area contributed by atoms with E-state index < -0.39 is 6.10 Å². The summed E-state index contributed by atoms with van der Waals surface area (Å²) in [6.07, 6.45) is 11.6. The van der Waals surface area contributed by atoms with Crippen molar-refractivity contribution in [3.63, 3.8) is 0 Å². The highest BCUT2D eigenvalue weighted by Gasteiger charge is 2.18. The van der Waals surface area contributed by atoms with E-state index in [2.05, 4.69) is 28.8 Å². The lowest BCUT2D eigenvalue weighted by atomic mass is 10.1. The van der Waals surface area contributed by atoms with Crippen molar-refractivity contribution in [2.75, 3.05) is 25.2 Å². The first-order valence-corrected chi connectivity index (χ1v) is 13.7. The van der Waals surface area contributed by atoms with E-state index in [1.807, 2.05) is 6.26 Å². The second-order valence-electron chi connectivity index (χ2n) is 8.38. The number of nitrogens with zero attached hydrogens (tertiary/aromatic N) is 4. The zero-order valence-corrected chi connectivity index (χ0v) is 22.0. The topological polar surface area (TPSA) is 131 Å². The number of hydrogen-bond donors (Lipinski definition) is 1. The van der Waals surface area contributed by atoms with E-state index in [0.29, 0.717) is 29.0 Å². The molecule has 0 saturated carbocycles. The number of nitrogens with two attached hydrogens (primary N) is 1. The molecule has 10 nitrogen and oxygen atoms in total. The third kappa shape index (κ3) is 10.4. The van der Waals surface area contributed by atoms with Crippen molar-refractivity contribution < 1.29 is 23.8 Å². The summed E-state index contributed by atoms with van der Waals surface area (Å²) in [4.78, 5) is 37.1. The molecule has 0 radical (unpaired) electrons. The lowest BCUT2D eigenvalue weighted by Gasteiger charge is -2.18. The van der Waals surface area contributed by atoms with Crippen LogP contribution in [0.25, 0.3) is 11.2 Å². The molecule has 35 heavy (non-hydrogen) atoms. The molecule has 0 fully saturated rings. The molecule has 196 valence electrons. The monoisotopic (exact) mass is 509 g/mol. The van der Waals surface area contributed by atoms with E-state index in [0.717, 1.165) is 51.4 Å². The second-order valence-corrected chi connectivity index (χ2v) is 9.18. The first-order chi connectivity index (χ1) is 17.0. The number of esters is 2. The fourth-order valence-electron chi connectivity index (χ4n) is 3.41. The van der Waals surface area contributed by atoms with Gasteiger partial charge in [0.1, 0.15) is 36.6 Å². The fraction of sp³-hybridized carbons (Fsp3) is 0.708. The summed E-state index contributed by atoms with van der Waals surface area (Å²) in [6.45, 7) is 4.31. The van der Waals surface area contributed by atoms with Gasteiger partial charge < -0.3 is 19.9 Å². The predicted molar refractivity (Wildman–Crippen MR) is 136 cm³/mol. The number of imidazole rings is 1. The quantitative estimate of drug-likeness (QED) is 0.133. The molecule has 0 unspecified atom stereocenters. The van der Waals surface area contributed by atoms with Crippen molar-refractivity contribution in [3.8, 4) is 0 Å². The van der Waals surface area contributed by atoms with Crippen LogP contribution in [-0.2, 0) is 30.5 Å². The van der Waals surface area contributed by atoms with Crippen LogP contribution in [0.1, 0.15) is 78.1 Å². The molecule has 0 aromatic carbocycles. The summed E-state index contributed by atoms with van der Waals surface area (Å²) in [5.74, 6) is -0.410. The normalized spacial score (nSPS) is 11.3. The maximum absolute atomic E-state index is 12.1. The molecule has 0 atom stereocenters. The van der Waals surface area contributed by atoms with E-state index >= 15 is 0 Å². The molecule has 0 spiro atoms. The lowest BCUT2D eigenvalue weighted by Crippen LogP contribution is -2.29. The van der Waals surface area contributed by atoms with Crippen molar-refractivity contribution in [2.45, 2.75) is 95.9 Å². The van der Waals surface area contributed by atoms with E-state index in [4.69, 9.17) is 19.9 Å². The predicted octanol–water partition coefficient (Wildman–Crippen LogP) is 4.50. The molecule has 2 aromatic rings. The van der Waals surface area contributed by atoms with Crippen LogP contribution >= 0.6 is 11.8 Å². The van der Waals surface area contributed by atoms with Crippen LogP contribution in [0.3, 0.4) is 0 Å². The summed E-state index contributed by atoms with van der Waals surface area (Å²) < 4.78 is 18.5. The summed E-state index contributed by atoms with van der Waals surface area (Å²) in [7, 11) is 0. The summed E-state index contributed by atoms with van der Waals surface area (Å²) in [6, 6.07) is 0. The van der Waals surface area contributed by atoms with Gasteiger partial charge in [-0.1, -0.05) is 52.4 Å². The Balaban J connectivity index is 1.95. The van der Waals surface area contributed by atoms with E-state index in [-0.39, 0.29) is 37.8 Å². The van der Waals surface area contributed by atoms with Crippen molar-refractivity contribution in [1.29, 1.82) is 0 Å². The average molecular weight is 510 g/mol. The van der Waals surface area contributed by atoms with Gasteiger partial charge in [0.05, 0.1) is 6.33 Å². The molecule has 2 aromatic heterocycles. The zero-order chi connectivity index (χ0) is 25.5. The van der Waals surface area contributed by atoms with Gasteiger partial charge in [0.2, 0.25) is 5.95 Å². The minimum Gasteiger partial charge on any atom is -0.463 e. The highest BCUT2D eigenvalue weighted by molar-refractivity contribution is 7.98. The van der Waals surface area contributed by atoms with Gasteiger partial charge in [-0.2, -0.15) is 4.98 Å². The summed E-state index contributed by atoms with van der Waals surface area (Å²) >= 11 is 1.43. The number of fused-ring (bicyclic) bond motifs is 1. The number of anilines is 1. The van der Waals surface area contributed by atoms with Crippen molar-refractivity contribution in [3.05, 3.63) is 6.33 Å². The van der Waals surface area contributed by atoms with Gasteiger partial charge in [-0.05, 0) is 19.1 Å². The van der Waals surface area contributed by atoms with Crippen LogP contribution in [0.15, 0.2) is 11.4 Å². The summed E-state index contributed by atoms with van der Waals surface area (Å²) in [5, 5.41) is 0.678. The van der Waals surface area contributed by atoms with Crippen molar-refractivity contribution >= 4 is 40.8 Å². The van der Waals surface area contributed by atoms with Crippen molar-refractivity contribution in [1.82, 2.24) is 19.5 Å². The van der Waals surface area contributed by atoms with E-state index in [9.17, 15) is 9.59 Å². The molecule has 0 aliphatic heterocycles. The SMILES string of the molecule is CCCCCCC(=O)OCC(COC(=O)CCCCCC)OCn1cnc2c(SC)nc(N)nc21. The third-order valence-corrected chi connectivity index (χ3v) is 6.09. The molecule has 0 saturated heterocycles. The average Bonchev–Trinajstić information content (AvgIpc) is 3.26. The van der Waals surface area contributed by atoms with Crippen LogP contribution in [0, 0.1) is 0 Å². The molecule has 0 aliphatic carbocycles. The molecular weight excluding hydrogens is 470 g/mol. The van der Waals surface area contributed by atoms with Gasteiger partial charge in [0, 0.05) is 12.8 Å². The van der Waals surface area contributed by atoms with Crippen LogP contribution < -0.4 is 5.73 Å². The smallest absolute Gasteiger partial charge is 0.305 e. The van der Waals surface area contributed by atoms with Crippen LogP contribution in [-0.4, -0.2) is 57.0 Å². The Morgan fingerprint density at radius 3 is 2.11 bits per heavy atom. The van der Waals surface area contributed by atoms with Crippen molar-refractivity contribution in [2.24, 2.45) is 0 Å². The van der Waals surface area contributed by atoms with Gasteiger partial charge in [0.15, 0.2) is 5.65 Å². The highest BCUT2D eigenvalue weighted by Crippen LogP contribution is 2.23. The maximum atomic E-state index is 12.1. The Bertz CT molecular complexity index is 895. The number of unbranched alkanes of at least 4 members (excludes halogenated alkanes) is 6. The first kappa shape index (κ1) is 28.8. The van der Waals surface area contributed by atoms with Crippen LogP contribution in [0.2, 0.25) is 0 Å². The molecule has 11 heteroatoms. The molecular formula is C24H39N5O5S. The minimum atomic E-state index is -0.620. The largest absolute Gasteiger partial charge is 0.463 e. The minimum absolute atomic E-state index is 0.00442. The Hall–Kier alpha value is -2.40. The lowest BCUT2D eigenvalue weighted by molar-refractivity contribution is -0.157. The number of hydrogen-bond acceptors (Lipinski definition) is 10. The molecule has 0 aliphatic rings. The van der Waals surface area contributed by atoms with Gasteiger partial charge >= 0.3 is 11.9 Å². The Labute approximate surface area is 211 Å². The number of carbonyl (C=O) groups excluding carboxylic acids is 2. The van der Waals surface area contributed by atoms with E-state index in [1.165, 1.54) is 11.8 Å².